The second kappa shape index (κ2) is 12.6. The van der Waals surface area contributed by atoms with Crippen molar-refractivity contribution in [2.75, 3.05) is 49.6 Å². The number of hydrogen-bond acceptors (Lipinski definition) is 8. The summed E-state index contributed by atoms with van der Waals surface area (Å²) in [6.45, 7) is 7.27. The number of amides is 1. The molecule has 1 aromatic heterocycles. The van der Waals surface area contributed by atoms with Gasteiger partial charge in [0.25, 0.3) is 0 Å². The Balaban J connectivity index is 1.18. The minimum Gasteiger partial charge on any atom is -0.462 e. The van der Waals surface area contributed by atoms with E-state index < -0.39 is 0 Å². The van der Waals surface area contributed by atoms with E-state index in [1.165, 1.54) is 38.2 Å². The molecule has 7 rings (SSSR count). The summed E-state index contributed by atoms with van der Waals surface area (Å²) in [5, 5.41) is 12.4. The number of ether oxygens (including phenoxy) is 1. The minimum absolute atomic E-state index is 0.108. The zero-order valence-corrected chi connectivity index (χ0v) is 27.2. The van der Waals surface area contributed by atoms with Gasteiger partial charge >= 0.3 is 6.01 Å². The number of hydrogen-bond donors (Lipinski definition) is 0. The van der Waals surface area contributed by atoms with Crippen LogP contribution in [0.3, 0.4) is 0 Å². The van der Waals surface area contributed by atoms with E-state index in [0.717, 1.165) is 58.1 Å². The van der Waals surface area contributed by atoms with Gasteiger partial charge in [0.2, 0.25) is 5.91 Å². The molecule has 3 heterocycles. The fourth-order valence-electron chi connectivity index (χ4n) is 7.50. The molecule has 10 heteroatoms. The second-order valence-electron chi connectivity index (χ2n) is 13.1. The van der Waals surface area contributed by atoms with Crippen molar-refractivity contribution in [3.63, 3.8) is 0 Å². The third kappa shape index (κ3) is 5.92. The van der Waals surface area contributed by atoms with Crippen molar-refractivity contribution >= 4 is 39.8 Å². The number of nitrogens with zero attached hydrogens (tertiary/aromatic N) is 7. The van der Waals surface area contributed by atoms with Crippen LogP contribution in [0.2, 0.25) is 5.02 Å². The first-order valence-electron chi connectivity index (χ1n) is 16.3. The van der Waals surface area contributed by atoms with Crippen molar-refractivity contribution in [3.05, 3.63) is 77.2 Å². The zero-order chi connectivity index (χ0) is 31.8. The molecule has 0 saturated heterocycles. The third-order valence-corrected chi connectivity index (χ3v) is 10.6. The highest BCUT2D eigenvalue weighted by atomic mass is 35.5. The lowest BCUT2D eigenvalue weighted by Crippen LogP contribution is -2.42. The molecule has 2 fully saturated rings. The molecule has 238 valence electrons. The van der Waals surface area contributed by atoms with Crippen LogP contribution in [0.1, 0.15) is 49.8 Å². The first-order valence-corrected chi connectivity index (χ1v) is 16.7. The van der Waals surface area contributed by atoms with Gasteiger partial charge < -0.3 is 24.3 Å². The molecular formula is C36H40ClN7O2. The van der Waals surface area contributed by atoms with Crippen molar-refractivity contribution in [1.82, 2.24) is 19.8 Å². The van der Waals surface area contributed by atoms with Crippen LogP contribution >= 0.6 is 11.6 Å². The van der Waals surface area contributed by atoms with E-state index in [1.54, 1.807) is 4.90 Å². The van der Waals surface area contributed by atoms with Gasteiger partial charge in [0.15, 0.2) is 0 Å². The Labute approximate surface area is 275 Å². The van der Waals surface area contributed by atoms with Crippen LogP contribution in [0.4, 0.5) is 11.5 Å². The number of carbonyl (C=O) groups excluding carboxylic acids is 1. The van der Waals surface area contributed by atoms with Gasteiger partial charge in [-0.15, -0.1) is 0 Å². The van der Waals surface area contributed by atoms with E-state index in [0.29, 0.717) is 49.4 Å². The molecule has 0 bridgehead atoms. The van der Waals surface area contributed by atoms with Gasteiger partial charge in [0.05, 0.1) is 35.4 Å². The predicted molar refractivity (Wildman–Crippen MR) is 181 cm³/mol. The van der Waals surface area contributed by atoms with E-state index in [9.17, 15) is 10.1 Å². The molecule has 1 unspecified atom stereocenters. The summed E-state index contributed by atoms with van der Waals surface area (Å²) in [5.74, 6) is 0.565. The Morgan fingerprint density at radius 2 is 2.02 bits per heavy atom. The number of carbonyl (C=O) groups is 1. The molecular weight excluding hydrogens is 598 g/mol. The molecule has 2 aliphatic carbocycles. The Bertz CT molecular complexity index is 1740. The van der Waals surface area contributed by atoms with Crippen LogP contribution in [0.15, 0.2) is 61.0 Å². The van der Waals surface area contributed by atoms with Gasteiger partial charge in [-0.2, -0.15) is 15.2 Å². The van der Waals surface area contributed by atoms with Crippen molar-refractivity contribution < 1.29 is 9.53 Å². The Hall–Kier alpha value is -4.13. The van der Waals surface area contributed by atoms with E-state index in [2.05, 4.69) is 58.7 Å². The summed E-state index contributed by atoms with van der Waals surface area (Å²) in [7, 11) is 2.20. The molecule has 46 heavy (non-hydrogen) atoms. The van der Waals surface area contributed by atoms with Crippen molar-refractivity contribution in [2.45, 2.75) is 57.5 Å². The largest absolute Gasteiger partial charge is 0.462 e. The number of halogens is 1. The lowest BCUT2D eigenvalue weighted by molar-refractivity contribution is -0.124. The highest BCUT2D eigenvalue weighted by Gasteiger charge is 2.48. The summed E-state index contributed by atoms with van der Waals surface area (Å²) in [4.78, 5) is 30.9. The Morgan fingerprint density at radius 3 is 2.78 bits per heavy atom. The molecule has 3 aromatic rings. The molecule has 1 spiro atoms. The van der Waals surface area contributed by atoms with Crippen molar-refractivity contribution in [2.24, 2.45) is 5.41 Å². The highest BCUT2D eigenvalue weighted by Crippen LogP contribution is 2.58. The maximum atomic E-state index is 12.6. The first kappa shape index (κ1) is 30.5. The van der Waals surface area contributed by atoms with Crippen LogP contribution in [0.5, 0.6) is 6.01 Å². The number of rotatable bonds is 9. The topological polar surface area (TPSA) is 88.8 Å². The molecule has 2 aliphatic heterocycles. The van der Waals surface area contributed by atoms with E-state index in [-0.39, 0.29) is 12.3 Å². The summed E-state index contributed by atoms with van der Waals surface area (Å²) < 4.78 is 6.30. The number of fused-ring (bicyclic) bond motifs is 2. The van der Waals surface area contributed by atoms with Crippen LogP contribution in [-0.4, -0.2) is 71.6 Å². The van der Waals surface area contributed by atoms with Crippen molar-refractivity contribution in [3.8, 4) is 12.1 Å². The van der Waals surface area contributed by atoms with Gasteiger partial charge in [-0.3, -0.25) is 4.79 Å². The standard InChI is InChI=1S/C36H40ClN7O2/c1-3-32(45)44-19-18-43(23-27(44)11-16-38)34-28-12-17-42(31-9-5-7-25-6-4-8-29(37)33(25)31)24-30(28)39-35(40-34)46-21-20-41(2)26-10-13-36(22-26)14-15-36/h3-9,23,26H,1,10-15,17-22,24H2,2H3. The number of likely N-dealkylation sites (N-methyl/N-ethyl adjacent to an activating group) is 1. The van der Waals surface area contributed by atoms with Gasteiger partial charge in [0.1, 0.15) is 12.4 Å². The number of allylic oxidation sites excluding steroid dienone is 1. The van der Waals surface area contributed by atoms with Gasteiger partial charge in [-0.05, 0) is 74.6 Å². The molecule has 1 amide bonds. The smallest absolute Gasteiger partial charge is 0.318 e. The molecule has 2 aromatic carbocycles. The highest BCUT2D eigenvalue weighted by molar-refractivity contribution is 6.36. The van der Waals surface area contributed by atoms with E-state index >= 15 is 0 Å². The lowest BCUT2D eigenvalue weighted by atomic mass is 10.0. The Morgan fingerprint density at radius 1 is 1.20 bits per heavy atom. The van der Waals surface area contributed by atoms with Crippen molar-refractivity contribution in [1.29, 1.82) is 5.26 Å². The second-order valence-corrected chi connectivity index (χ2v) is 13.5. The fourth-order valence-corrected chi connectivity index (χ4v) is 7.78. The molecule has 0 radical (unpaired) electrons. The molecule has 2 saturated carbocycles. The summed E-state index contributed by atoms with van der Waals surface area (Å²) in [5.41, 5.74) is 4.31. The maximum absolute atomic E-state index is 12.6. The minimum atomic E-state index is -0.210. The van der Waals surface area contributed by atoms with Gasteiger partial charge in [-0.25, -0.2) is 0 Å². The molecule has 1 atom stereocenters. The van der Waals surface area contributed by atoms with Crippen LogP contribution in [0, 0.1) is 16.7 Å². The van der Waals surface area contributed by atoms with Gasteiger partial charge in [-0.1, -0.05) is 42.4 Å². The van der Waals surface area contributed by atoms with Crippen LogP contribution in [0.25, 0.3) is 10.8 Å². The number of anilines is 2. The summed E-state index contributed by atoms with van der Waals surface area (Å²) >= 11 is 6.72. The fraction of sp³-hybridized carbons (Fsp3) is 0.444. The number of nitriles is 1. The third-order valence-electron chi connectivity index (χ3n) is 10.3. The number of aromatic nitrogens is 2. The summed E-state index contributed by atoms with van der Waals surface area (Å²) in [6, 6.07) is 15.5. The van der Waals surface area contributed by atoms with Crippen LogP contribution in [-0.2, 0) is 17.8 Å². The first-order chi connectivity index (χ1) is 22.4. The maximum Gasteiger partial charge on any atom is 0.318 e. The normalized spacial score (nSPS) is 20.1. The molecule has 4 aliphatic rings. The zero-order valence-electron chi connectivity index (χ0n) is 26.4. The quantitative estimate of drug-likeness (QED) is 0.261. The van der Waals surface area contributed by atoms with Crippen LogP contribution < -0.4 is 14.5 Å². The molecule has 9 nitrogen and oxygen atoms in total. The summed E-state index contributed by atoms with van der Waals surface area (Å²) in [6.07, 6.45) is 10.7. The van der Waals surface area contributed by atoms with E-state index in [4.69, 9.17) is 26.3 Å². The van der Waals surface area contributed by atoms with Gasteiger partial charge in [0, 0.05) is 55.1 Å². The SMILES string of the molecule is C=CC(=O)N1CCN(c2nc(OCCN(C)C3CCC4(CC4)C3)nc3c2CCN(c2cccc4cccc(Cl)c24)C3)C=C1CC#N. The Kier molecular flexibility index (Phi) is 8.35. The monoisotopic (exact) mass is 637 g/mol. The predicted octanol–water partition coefficient (Wildman–Crippen LogP) is 6.08. The molecule has 0 N–H and O–H groups in total. The average molecular weight is 638 g/mol. The lowest BCUT2D eigenvalue weighted by Gasteiger charge is -2.36. The van der Waals surface area contributed by atoms with E-state index in [1.807, 2.05) is 18.3 Å². The average Bonchev–Trinajstić information content (AvgIpc) is 3.71. The number of benzene rings is 2.